The van der Waals surface area contributed by atoms with Crippen molar-refractivity contribution in [3.8, 4) is 0 Å². The van der Waals surface area contributed by atoms with Crippen molar-refractivity contribution in [2.45, 2.75) is 39.3 Å². The Balaban J connectivity index is 2.96. The third kappa shape index (κ3) is 2.94. The van der Waals surface area contributed by atoms with Crippen LogP contribution in [0.5, 0.6) is 0 Å². The van der Waals surface area contributed by atoms with Gasteiger partial charge in [-0.2, -0.15) is 11.8 Å². The summed E-state index contributed by atoms with van der Waals surface area (Å²) in [5.74, 6) is 0.977. The number of piperazine rings is 1. The van der Waals surface area contributed by atoms with Gasteiger partial charge in [-0.25, -0.2) is 0 Å². The largest absolute Gasteiger partial charge is 0.340 e. The smallest absolute Gasteiger partial charge is 0.248 e. The van der Waals surface area contributed by atoms with E-state index in [-0.39, 0.29) is 23.8 Å². The Kier molecular flexibility index (Phi) is 4.47. The molecule has 1 atom stereocenters. The number of hydrogen-bond acceptors (Lipinski definition) is 3. The first-order valence-corrected chi connectivity index (χ1v) is 7.32. The Hall–Kier alpha value is -0.710. The zero-order valence-corrected chi connectivity index (χ0v) is 12.1. The highest BCUT2D eigenvalue weighted by Crippen LogP contribution is 2.22. The summed E-state index contributed by atoms with van der Waals surface area (Å²) in [4.78, 5) is 26.1. The lowest BCUT2D eigenvalue weighted by Gasteiger charge is -2.44. The van der Waals surface area contributed by atoms with Gasteiger partial charge in [0.15, 0.2) is 0 Å². The van der Waals surface area contributed by atoms with Crippen LogP contribution in [0.1, 0.15) is 27.7 Å². The van der Waals surface area contributed by atoms with Crippen molar-refractivity contribution in [2.24, 2.45) is 5.92 Å². The minimum absolute atomic E-state index is 0.0184. The summed E-state index contributed by atoms with van der Waals surface area (Å²) in [5.41, 5.74) is -0.777. The fraction of sp³-hybridized carbons (Fsp3) is 0.833. The lowest BCUT2D eigenvalue weighted by molar-refractivity contribution is -0.154. The fourth-order valence-corrected chi connectivity index (χ4v) is 2.53. The molecule has 98 valence electrons. The SMILES string of the molecule is CSCCN1C(=O)C(C)(C)NC(=O)C1C(C)C. The van der Waals surface area contributed by atoms with Crippen molar-refractivity contribution in [1.29, 1.82) is 0 Å². The molecule has 17 heavy (non-hydrogen) atoms. The van der Waals surface area contributed by atoms with Crippen molar-refractivity contribution in [3.63, 3.8) is 0 Å². The third-order valence-electron chi connectivity index (χ3n) is 3.00. The lowest BCUT2D eigenvalue weighted by Crippen LogP contribution is -2.69. The van der Waals surface area contributed by atoms with Crippen molar-refractivity contribution >= 4 is 23.6 Å². The predicted octanol–water partition coefficient (Wildman–Crippen LogP) is 1.11. The summed E-state index contributed by atoms with van der Waals surface area (Å²) in [5, 5.41) is 2.81. The molecule has 1 aliphatic heterocycles. The van der Waals surface area contributed by atoms with Crippen molar-refractivity contribution < 1.29 is 9.59 Å². The van der Waals surface area contributed by atoms with Gasteiger partial charge >= 0.3 is 0 Å². The van der Waals surface area contributed by atoms with Gasteiger partial charge < -0.3 is 10.2 Å². The average Bonchev–Trinajstić information content (AvgIpc) is 2.19. The normalized spacial score (nSPS) is 24.1. The first-order valence-electron chi connectivity index (χ1n) is 5.93. The standard InChI is InChI=1S/C12H22N2O2S/c1-8(2)9-10(15)13-12(3,4)11(16)14(9)6-7-17-5/h8-9H,6-7H2,1-5H3,(H,13,15). The second kappa shape index (κ2) is 5.29. The maximum atomic E-state index is 12.3. The van der Waals surface area contributed by atoms with E-state index in [0.29, 0.717) is 6.54 Å². The van der Waals surface area contributed by atoms with Crippen LogP contribution < -0.4 is 5.32 Å². The summed E-state index contributed by atoms with van der Waals surface area (Å²) >= 11 is 1.69. The molecule has 0 spiro atoms. The van der Waals surface area contributed by atoms with Gasteiger partial charge in [-0.3, -0.25) is 9.59 Å². The molecule has 1 saturated heterocycles. The van der Waals surface area contributed by atoms with E-state index >= 15 is 0 Å². The third-order valence-corrected chi connectivity index (χ3v) is 3.59. The van der Waals surface area contributed by atoms with Crippen LogP contribution in [0.4, 0.5) is 0 Å². The van der Waals surface area contributed by atoms with Gasteiger partial charge in [0.05, 0.1) is 0 Å². The number of hydrogen-bond donors (Lipinski definition) is 1. The van der Waals surface area contributed by atoms with Crippen LogP contribution in [0.2, 0.25) is 0 Å². The Morgan fingerprint density at radius 1 is 1.41 bits per heavy atom. The summed E-state index contributed by atoms with van der Waals surface area (Å²) in [6.07, 6.45) is 2.00. The molecule has 0 aromatic heterocycles. The highest BCUT2D eigenvalue weighted by atomic mass is 32.2. The molecular formula is C12H22N2O2S. The van der Waals surface area contributed by atoms with E-state index in [4.69, 9.17) is 0 Å². The Labute approximate surface area is 108 Å². The number of thioether (sulfide) groups is 1. The van der Waals surface area contributed by atoms with E-state index in [0.717, 1.165) is 5.75 Å². The molecule has 0 aromatic carbocycles. The maximum Gasteiger partial charge on any atom is 0.248 e. The van der Waals surface area contributed by atoms with Gasteiger partial charge in [-0.1, -0.05) is 13.8 Å². The van der Waals surface area contributed by atoms with E-state index in [2.05, 4.69) is 5.32 Å². The topological polar surface area (TPSA) is 49.4 Å². The number of carbonyl (C=O) groups excluding carboxylic acids is 2. The predicted molar refractivity (Wildman–Crippen MR) is 70.9 cm³/mol. The minimum Gasteiger partial charge on any atom is -0.340 e. The Bertz CT molecular complexity index is 316. The molecule has 1 heterocycles. The number of nitrogens with one attached hydrogen (secondary N) is 1. The summed E-state index contributed by atoms with van der Waals surface area (Å²) in [6.45, 7) is 8.11. The van der Waals surface area contributed by atoms with Crippen LogP contribution in [0.15, 0.2) is 0 Å². The average molecular weight is 258 g/mol. The molecule has 4 nitrogen and oxygen atoms in total. The molecule has 0 bridgehead atoms. The molecule has 0 radical (unpaired) electrons. The van der Waals surface area contributed by atoms with E-state index in [1.54, 1.807) is 30.5 Å². The maximum absolute atomic E-state index is 12.3. The van der Waals surface area contributed by atoms with Gasteiger partial charge in [0.25, 0.3) is 0 Å². The highest BCUT2D eigenvalue weighted by molar-refractivity contribution is 7.98. The molecule has 1 unspecified atom stereocenters. The molecule has 1 aliphatic rings. The zero-order chi connectivity index (χ0) is 13.2. The van der Waals surface area contributed by atoms with Crippen LogP contribution in [-0.2, 0) is 9.59 Å². The fourth-order valence-electron chi connectivity index (χ4n) is 2.16. The molecule has 1 N–H and O–H groups in total. The number of amides is 2. The quantitative estimate of drug-likeness (QED) is 0.822. The van der Waals surface area contributed by atoms with E-state index in [1.807, 2.05) is 20.1 Å². The van der Waals surface area contributed by atoms with Crippen LogP contribution in [0.25, 0.3) is 0 Å². The Morgan fingerprint density at radius 2 is 2.00 bits per heavy atom. The lowest BCUT2D eigenvalue weighted by atomic mass is 9.91. The van der Waals surface area contributed by atoms with Crippen molar-refractivity contribution in [2.75, 3.05) is 18.6 Å². The van der Waals surface area contributed by atoms with Crippen LogP contribution in [0.3, 0.4) is 0 Å². The molecule has 1 fully saturated rings. The first-order chi connectivity index (χ1) is 7.81. The van der Waals surface area contributed by atoms with Gasteiger partial charge in [-0.15, -0.1) is 0 Å². The van der Waals surface area contributed by atoms with E-state index < -0.39 is 5.54 Å². The zero-order valence-electron chi connectivity index (χ0n) is 11.2. The van der Waals surface area contributed by atoms with Crippen LogP contribution in [0, 0.1) is 5.92 Å². The molecule has 0 aromatic rings. The minimum atomic E-state index is -0.777. The van der Waals surface area contributed by atoms with Gasteiger partial charge in [0.2, 0.25) is 11.8 Å². The van der Waals surface area contributed by atoms with Crippen molar-refractivity contribution in [3.05, 3.63) is 0 Å². The number of nitrogens with zero attached hydrogens (tertiary/aromatic N) is 1. The molecule has 0 aliphatic carbocycles. The highest BCUT2D eigenvalue weighted by Gasteiger charge is 2.45. The first kappa shape index (κ1) is 14.4. The molecule has 0 saturated carbocycles. The van der Waals surface area contributed by atoms with Gasteiger partial charge in [-0.05, 0) is 26.0 Å². The van der Waals surface area contributed by atoms with Crippen LogP contribution in [-0.4, -0.2) is 46.8 Å². The molecule has 2 amide bonds. The summed E-state index contributed by atoms with van der Waals surface area (Å²) in [7, 11) is 0. The molecule has 5 heteroatoms. The summed E-state index contributed by atoms with van der Waals surface area (Å²) in [6, 6.07) is -0.331. The number of rotatable bonds is 4. The summed E-state index contributed by atoms with van der Waals surface area (Å²) < 4.78 is 0. The van der Waals surface area contributed by atoms with Gasteiger partial charge in [0, 0.05) is 12.3 Å². The van der Waals surface area contributed by atoms with Crippen LogP contribution >= 0.6 is 11.8 Å². The molecule has 1 rings (SSSR count). The molecular weight excluding hydrogens is 236 g/mol. The van der Waals surface area contributed by atoms with E-state index in [9.17, 15) is 9.59 Å². The number of carbonyl (C=O) groups is 2. The van der Waals surface area contributed by atoms with Gasteiger partial charge in [0.1, 0.15) is 11.6 Å². The van der Waals surface area contributed by atoms with Crippen molar-refractivity contribution in [1.82, 2.24) is 10.2 Å². The second-order valence-corrected chi connectivity index (χ2v) is 6.28. The monoisotopic (exact) mass is 258 g/mol. The van der Waals surface area contributed by atoms with E-state index in [1.165, 1.54) is 0 Å². The Morgan fingerprint density at radius 3 is 2.47 bits per heavy atom. The second-order valence-electron chi connectivity index (χ2n) is 5.29.